The number of carbonyl (C=O) groups is 2. The van der Waals surface area contributed by atoms with E-state index in [1.165, 1.54) is 0 Å². The highest BCUT2D eigenvalue weighted by Gasteiger charge is 2.29. The summed E-state index contributed by atoms with van der Waals surface area (Å²) >= 11 is 0. The van der Waals surface area contributed by atoms with Crippen LogP contribution in [0.4, 0.5) is 0 Å². The van der Waals surface area contributed by atoms with Crippen LogP contribution < -0.4 is 11.1 Å². The van der Waals surface area contributed by atoms with Crippen molar-refractivity contribution >= 4 is 11.8 Å². The van der Waals surface area contributed by atoms with Crippen molar-refractivity contribution in [2.75, 3.05) is 20.1 Å². The fraction of sp³-hybridized carbons (Fsp3) is 0.600. The van der Waals surface area contributed by atoms with Gasteiger partial charge in [0, 0.05) is 24.9 Å². The molecular formula is C15H23N5O2. The van der Waals surface area contributed by atoms with Gasteiger partial charge < -0.3 is 11.1 Å². The molecule has 120 valence electrons. The average Bonchev–Trinajstić information content (AvgIpc) is 2.91. The second kappa shape index (κ2) is 7.31. The number of likely N-dealkylation sites (tertiary alicyclic amines) is 1. The van der Waals surface area contributed by atoms with Crippen LogP contribution in [0.15, 0.2) is 6.07 Å². The molecule has 7 heteroatoms. The largest absolute Gasteiger partial charge is 0.369 e. The van der Waals surface area contributed by atoms with Crippen molar-refractivity contribution in [3.8, 4) is 0 Å². The first-order chi connectivity index (χ1) is 10.5. The number of nitrogens with zero attached hydrogens (tertiary/aromatic N) is 3. The quantitative estimate of drug-likeness (QED) is 0.775. The molecule has 2 rings (SSSR count). The van der Waals surface area contributed by atoms with Gasteiger partial charge in [-0.15, -0.1) is 0 Å². The molecule has 1 aromatic rings. The molecule has 0 aliphatic carbocycles. The maximum Gasteiger partial charge on any atom is 0.231 e. The summed E-state index contributed by atoms with van der Waals surface area (Å²) in [6.07, 6.45) is 2.91. The van der Waals surface area contributed by atoms with E-state index in [9.17, 15) is 9.59 Å². The van der Waals surface area contributed by atoms with E-state index in [4.69, 9.17) is 5.73 Å². The lowest BCUT2D eigenvalue weighted by atomic mass is 10.1. The third-order valence-electron chi connectivity index (χ3n) is 3.83. The van der Waals surface area contributed by atoms with Crippen LogP contribution in [0.5, 0.6) is 0 Å². The SMILES string of the molecule is CNC(=O)CCc1cc(C)nc([C@@H]2CCCN2CC(N)=O)n1. The molecule has 0 aromatic carbocycles. The lowest BCUT2D eigenvalue weighted by molar-refractivity contribution is -0.121. The smallest absolute Gasteiger partial charge is 0.231 e. The maximum absolute atomic E-state index is 11.4. The average molecular weight is 305 g/mol. The highest BCUT2D eigenvalue weighted by Crippen LogP contribution is 2.29. The normalized spacial score (nSPS) is 18.4. The Morgan fingerprint density at radius 2 is 2.23 bits per heavy atom. The molecule has 7 nitrogen and oxygen atoms in total. The third-order valence-corrected chi connectivity index (χ3v) is 3.83. The molecule has 0 bridgehead atoms. The van der Waals surface area contributed by atoms with Gasteiger partial charge in [0.15, 0.2) is 0 Å². The number of nitrogens with one attached hydrogen (secondary N) is 1. The van der Waals surface area contributed by atoms with Crippen molar-refractivity contribution in [2.45, 2.75) is 38.6 Å². The molecule has 1 aromatic heterocycles. The number of aryl methyl sites for hydroxylation is 2. The van der Waals surface area contributed by atoms with E-state index in [0.717, 1.165) is 36.6 Å². The van der Waals surface area contributed by atoms with Crippen LogP contribution in [0, 0.1) is 6.92 Å². The van der Waals surface area contributed by atoms with Crippen molar-refractivity contribution in [1.29, 1.82) is 0 Å². The van der Waals surface area contributed by atoms with E-state index in [1.54, 1.807) is 7.05 Å². The standard InChI is InChI=1S/C15H23N5O2/c1-10-8-11(5-6-14(22)17-2)19-15(18-10)12-4-3-7-20(12)9-13(16)21/h8,12H,3-7,9H2,1-2H3,(H2,16,21)(H,17,22)/t12-/m0/s1. The Bertz CT molecular complexity index is 561. The molecule has 0 spiro atoms. The minimum absolute atomic E-state index is 0.00552. The van der Waals surface area contributed by atoms with Crippen LogP contribution in [0.25, 0.3) is 0 Å². The number of aromatic nitrogens is 2. The van der Waals surface area contributed by atoms with E-state index < -0.39 is 0 Å². The summed E-state index contributed by atoms with van der Waals surface area (Å²) in [6.45, 7) is 2.98. The number of rotatable bonds is 6. The zero-order chi connectivity index (χ0) is 16.1. The van der Waals surface area contributed by atoms with Gasteiger partial charge in [-0.1, -0.05) is 0 Å². The summed E-state index contributed by atoms with van der Waals surface area (Å²) in [4.78, 5) is 33.7. The Kier molecular flexibility index (Phi) is 5.43. The van der Waals surface area contributed by atoms with E-state index in [1.807, 2.05) is 17.9 Å². The molecule has 22 heavy (non-hydrogen) atoms. The number of nitrogens with two attached hydrogens (primary N) is 1. The molecule has 2 heterocycles. The summed E-state index contributed by atoms with van der Waals surface area (Å²) in [5.41, 5.74) is 7.04. The topological polar surface area (TPSA) is 101 Å². The van der Waals surface area contributed by atoms with Gasteiger partial charge in [-0.2, -0.15) is 0 Å². The monoisotopic (exact) mass is 305 g/mol. The molecule has 1 fully saturated rings. The molecule has 1 atom stereocenters. The Morgan fingerprint density at radius 3 is 2.91 bits per heavy atom. The van der Waals surface area contributed by atoms with Crippen molar-refractivity contribution in [2.24, 2.45) is 5.73 Å². The number of primary amides is 1. The number of hydrogen-bond donors (Lipinski definition) is 2. The first-order valence-corrected chi connectivity index (χ1v) is 7.57. The van der Waals surface area contributed by atoms with Crippen LogP contribution in [-0.4, -0.2) is 46.8 Å². The van der Waals surface area contributed by atoms with E-state index >= 15 is 0 Å². The van der Waals surface area contributed by atoms with Gasteiger partial charge in [-0.25, -0.2) is 9.97 Å². The third kappa shape index (κ3) is 4.24. The summed E-state index contributed by atoms with van der Waals surface area (Å²) in [5, 5.41) is 2.61. The second-order valence-corrected chi connectivity index (χ2v) is 5.63. The highest BCUT2D eigenvalue weighted by atomic mass is 16.2. The predicted molar refractivity (Wildman–Crippen MR) is 81.9 cm³/mol. The van der Waals surface area contributed by atoms with E-state index in [-0.39, 0.29) is 24.4 Å². The van der Waals surface area contributed by atoms with Gasteiger partial charge in [-0.3, -0.25) is 14.5 Å². The number of amides is 2. The second-order valence-electron chi connectivity index (χ2n) is 5.63. The summed E-state index contributed by atoms with van der Waals surface area (Å²) in [5.74, 6) is 0.388. The fourth-order valence-electron chi connectivity index (χ4n) is 2.81. The Balaban J connectivity index is 2.14. The Labute approximate surface area is 130 Å². The van der Waals surface area contributed by atoms with Crippen LogP contribution in [0.2, 0.25) is 0 Å². The molecule has 1 aliphatic heterocycles. The summed E-state index contributed by atoms with van der Waals surface area (Å²) in [6, 6.07) is 1.94. The van der Waals surface area contributed by atoms with Crippen molar-refractivity contribution in [3.63, 3.8) is 0 Å². The zero-order valence-electron chi connectivity index (χ0n) is 13.1. The van der Waals surface area contributed by atoms with Crippen molar-refractivity contribution < 1.29 is 9.59 Å². The van der Waals surface area contributed by atoms with E-state index in [2.05, 4.69) is 15.3 Å². The molecule has 0 unspecified atom stereocenters. The van der Waals surface area contributed by atoms with Crippen molar-refractivity contribution in [3.05, 3.63) is 23.3 Å². The maximum atomic E-state index is 11.4. The fourth-order valence-corrected chi connectivity index (χ4v) is 2.81. The molecule has 0 saturated carbocycles. The van der Waals surface area contributed by atoms with Crippen LogP contribution >= 0.6 is 0 Å². The lowest BCUT2D eigenvalue weighted by Crippen LogP contribution is -2.34. The molecule has 0 radical (unpaired) electrons. The van der Waals surface area contributed by atoms with Crippen LogP contribution in [0.3, 0.4) is 0 Å². The minimum Gasteiger partial charge on any atom is -0.369 e. The van der Waals surface area contributed by atoms with Gasteiger partial charge >= 0.3 is 0 Å². The lowest BCUT2D eigenvalue weighted by Gasteiger charge is -2.22. The number of carbonyl (C=O) groups excluding carboxylic acids is 2. The van der Waals surface area contributed by atoms with E-state index in [0.29, 0.717) is 12.8 Å². The van der Waals surface area contributed by atoms with Gasteiger partial charge in [0.1, 0.15) is 5.82 Å². The molecule has 1 aliphatic rings. The van der Waals surface area contributed by atoms with Gasteiger partial charge in [0.05, 0.1) is 12.6 Å². The predicted octanol–water partition coefficient (Wildman–Crippen LogP) is 0.0858. The highest BCUT2D eigenvalue weighted by molar-refractivity contribution is 5.76. The van der Waals surface area contributed by atoms with Crippen LogP contribution in [0.1, 0.15) is 42.5 Å². The molecular weight excluding hydrogens is 282 g/mol. The number of hydrogen-bond acceptors (Lipinski definition) is 5. The Hall–Kier alpha value is -2.02. The Morgan fingerprint density at radius 1 is 1.45 bits per heavy atom. The summed E-state index contributed by atoms with van der Waals surface area (Å²) in [7, 11) is 1.62. The molecule has 1 saturated heterocycles. The first kappa shape index (κ1) is 16.4. The zero-order valence-corrected chi connectivity index (χ0v) is 13.1. The van der Waals surface area contributed by atoms with Crippen molar-refractivity contribution in [1.82, 2.24) is 20.2 Å². The first-order valence-electron chi connectivity index (χ1n) is 7.57. The molecule has 2 amide bonds. The van der Waals surface area contributed by atoms with Gasteiger partial charge in [-0.05, 0) is 38.8 Å². The van der Waals surface area contributed by atoms with Crippen LogP contribution in [-0.2, 0) is 16.0 Å². The summed E-state index contributed by atoms with van der Waals surface area (Å²) < 4.78 is 0. The minimum atomic E-state index is -0.334. The van der Waals surface area contributed by atoms with Gasteiger partial charge in [0.2, 0.25) is 11.8 Å². The molecule has 3 N–H and O–H groups in total. The van der Waals surface area contributed by atoms with Gasteiger partial charge in [0.25, 0.3) is 0 Å².